The number of nitrogens with one attached hydrogen (secondary N) is 1. The van der Waals surface area contributed by atoms with Gasteiger partial charge in [-0.05, 0) is 74.3 Å². The summed E-state index contributed by atoms with van der Waals surface area (Å²) in [6, 6.07) is 0. The maximum Gasteiger partial charge on any atom is -0.00179 e. The fourth-order valence-electron chi connectivity index (χ4n) is 4.63. The summed E-state index contributed by atoms with van der Waals surface area (Å²) in [5.41, 5.74) is 0. The van der Waals surface area contributed by atoms with E-state index in [1.165, 1.54) is 45.1 Å². The van der Waals surface area contributed by atoms with E-state index in [4.69, 9.17) is 0 Å². The summed E-state index contributed by atoms with van der Waals surface area (Å²) in [6.45, 7) is 12.1. The first-order valence-corrected chi connectivity index (χ1v) is 8.82. The van der Waals surface area contributed by atoms with Gasteiger partial charge in [-0.25, -0.2) is 0 Å². The lowest BCUT2D eigenvalue weighted by atomic mass is 9.62. The molecule has 0 aromatic carbocycles. The fourth-order valence-corrected chi connectivity index (χ4v) is 4.63. The Balaban J connectivity index is 1.96. The molecule has 112 valence electrons. The van der Waals surface area contributed by atoms with Gasteiger partial charge in [0.25, 0.3) is 0 Å². The zero-order valence-corrected chi connectivity index (χ0v) is 13.6. The molecular weight excluding hydrogens is 230 g/mol. The van der Waals surface area contributed by atoms with Gasteiger partial charge >= 0.3 is 0 Å². The molecule has 2 fully saturated rings. The van der Waals surface area contributed by atoms with E-state index in [1.54, 1.807) is 0 Å². The van der Waals surface area contributed by atoms with E-state index in [-0.39, 0.29) is 0 Å². The van der Waals surface area contributed by atoms with Crippen LogP contribution in [0.15, 0.2) is 0 Å². The van der Waals surface area contributed by atoms with Gasteiger partial charge in [0.1, 0.15) is 0 Å². The minimum Gasteiger partial charge on any atom is -0.317 e. The quantitative estimate of drug-likeness (QED) is 0.775. The lowest BCUT2D eigenvalue weighted by Gasteiger charge is -2.44. The monoisotopic (exact) mass is 265 g/mol. The Morgan fingerprint density at radius 3 is 2.37 bits per heavy atom. The number of hydrogen-bond donors (Lipinski definition) is 1. The SMILES string of the molecule is CCNCC1CCC(C)CC1C1CCC(C)C(C)C1. The van der Waals surface area contributed by atoms with Crippen molar-refractivity contribution in [2.24, 2.45) is 35.5 Å². The standard InChI is InChI=1S/C18H35N/c1-5-19-12-17-8-6-13(2)10-18(17)16-9-7-14(3)15(4)11-16/h13-19H,5-12H2,1-4H3. The van der Waals surface area contributed by atoms with Crippen LogP contribution in [0.25, 0.3) is 0 Å². The molecule has 19 heavy (non-hydrogen) atoms. The van der Waals surface area contributed by atoms with Gasteiger partial charge in [0, 0.05) is 0 Å². The molecule has 1 heteroatoms. The van der Waals surface area contributed by atoms with Gasteiger partial charge in [0.2, 0.25) is 0 Å². The largest absolute Gasteiger partial charge is 0.317 e. The van der Waals surface area contributed by atoms with Crippen LogP contribution in [0.3, 0.4) is 0 Å². The molecule has 2 rings (SSSR count). The molecule has 2 aliphatic carbocycles. The second-order valence-electron chi connectivity index (χ2n) is 7.68. The summed E-state index contributed by atoms with van der Waals surface area (Å²) >= 11 is 0. The van der Waals surface area contributed by atoms with Crippen LogP contribution < -0.4 is 5.32 Å². The van der Waals surface area contributed by atoms with Crippen molar-refractivity contribution in [2.45, 2.75) is 66.2 Å². The van der Waals surface area contributed by atoms with Crippen LogP contribution in [0.5, 0.6) is 0 Å². The predicted molar refractivity (Wildman–Crippen MR) is 84.2 cm³/mol. The van der Waals surface area contributed by atoms with Crippen molar-refractivity contribution in [3.05, 3.63) is 0 Å². The van der Waals surface area contributed by atoms with Crippen LogP contribution in [0.1, 0.15) is 66.2 Å². The van der Waals surface area contributed by atoms with Gasteiger partial charge in [-0.1, -0.05) is 40.5 Å². The van der Waals surface area contributed by atoms with Gasteiger partial charge in [-0.2, -0.15) is 0 Å². The molecule has 0 aromatic rings. The lowest BCUT2D eigenvalue weighted by molar-refractivity contribution is 0.0705. The second-order valence-corrected chi connectivity index (χ2v) is 7.68. The van der Waals surface area contributed by atoms with Gasteiger partial charge in [0.15, 0.2) is 0 Å². The van der Waals surface area contributed by atoms with Gasteiger partial charge in [-0.3, -0.25) is 0 Å². The van der Waals surface area contributed by atoms with Crippen LogP contribution in [0.2, 0.25) is 0 Å². The zero-order chi connectivity index (χ0) is 13.8. The highest BCUT2D eigenvalue weighted by molar-refractivity contribution is 4.88. The first-order valence-electron chi connectivity index (χ1n) is 8.82. The maximum atomic E-state index is 3.62. The minimum absolute atomic E-state index is 0.954. The molecule has 0 aromatic heterocycles. The van der Waals surface area contributed by atoms with Crippen LogP contribution >= 0.6 is 0 Å². The van der Waals surface area contributed by atoms with Crippen molar-refractivity contribution >= 4 is 0 Å². The minimum atomic E-state index is 0.954. The van der Waals surface area contributed by atoms with Gasteiger partial charge in [-0.15, -0.1) is 0 Å². The molecule has 1 N–H and O–H groups in total. The van der Waals surface area contributed by atoms with Gasteiger partial charge < -0.3 is 5.32 Å². The van der Waals surface area contributed by atoms with E-state index >= 15 is 0 Å². The van der Waals surface area contributed by atoms with E-state index < -0.39 is 0 Å². The van der Waals surface area contributed by atoms with Crippen molar-refractivity contribution in [1.29, 1.82) is 0 Å². The molecule has 6 atom stereocenters. The van der Waals surface area contributed by atoms with Crippen molar-refractivity contribution in [3.8, 4) is 0 Å². The van der Waals surface area contributed by atoms with E-state index in [1.807, 2.05) is 0 Å². The van der Waals surface area contributed by atoms with Crippen molar-refractivity contribution in [3.63, 3.8) is 0 Å². The van der Waals surface area contributed by atoms with Crippen LogP contribution in [0, 0.1) is 35.5 Å². The van der Waals surface area contributed by atoms with E-state index in [9.17, 15) is 0 Å². The molecular formula is C18H35N. The second kappa shape index (κ2) is 7.11. The molecule has 0 amide bonds. The highest BCUT2D eigenvalue weighted by Crippen LogP contribution is 2.45. The van der Waals surface area contributed by atoms with Crippen molar-refractivity contribution < 1.29 is 0 Å². The average molecular weight is 265 g/mol. The molecule has 0 saturated heterocycles. The molecule has 1 nitrogen and oxygen atoms in total. The maximum absolute atomic E-state index is 3.62. The Hall–Kier alpha value is -0.0400. The summed E-state index contributed by atoms with van der Waals surface area (Å²) in [4.78, 5) is 0. The molecule has 2 saturated carbocycles. The molecule has 0 aliphatic heterocycles. The molecule has 0 heterocycles. The molecule has 6 unspecified atom stereocenters. The summed E-state index contributed by atoms with van der Waals surface area (Å²) in [6.07, 6.45) is 8.92. The van der Waals surface area contributed by atoms with E-state index in [0.29, 0.717) is 0 Å². The Kier molecular flexibility index (Phi) is 5.74. The van der Waals surface area contributed by atoms with E-state index in [0.717, 1.165) is 42.1 Å². The summed E-state index contributed by atoms with van der Waals surface area (Å²) in [5.74, 6) is 5.88. The van der Waals surface area contributed by atoms with Gasteiger partial charge in [0.05, 0.1) is 0 Å². The smallest absolute Gasteiger partial charge is 0.00179 e. The predicted octanol–water partition coefficient (Wildman–Crippen LogP) is 4.72. The topological polar surface area (TPSA) is 12.0 Å². The highest BCUT2D eigenvalue weighted by Gasteiger charge is 2.37. The summed E-state index contributed by atoms with van der Waals surface area (Å²) in [7, 11) is 0. The third kappa shape index (κ3) is 3.97. The summed E-state index contributed by atoms with van der Waals surface area (Å²) in [5, 5.41) is 3.62. The molecule has 2 aliphatic rings. The summed E-state index contributed by atoms with van der Waals surface area (Å²) < 4.78 is 0. The number of hydrogen-bond acceptors (Lipinski definition) is 1. The Morgan fingerprint density at radius 2 is 1.68 bits per heavy atom. The van der Waals surface area contributed by atoms with E-state index in [2.05, 4.69) is 33.0 Å². The third-order valence-corrected chi connectivity index (χ3v) is 6.21. The van der Waals surface area contributed by atoms with Crippen molar-refractivity contribution in [2.75, 3.05) is 13.1 Å². The highest BCUT2D eigenvalue weighted by atomic mass is 14.8. The fraction of sp³-hybridized carbons (Fsp3) is 1.00. The molecule has 0 spiro atoms. The van der Waals surface area contributed by atoms with Crippen LogP contribution in [0.4, 0.5) is 0 Å². The Labute approximate surface area is 120 Å². The normalized spacial score (nSPS) is 44.2. The Bertz CT molecular complexity index is 260. The van der Waals surface area contributed by atoms with Crippen LogP contribution in [-0.2, 0) is 0 Å². The third-order valence-electron chi connectivity index (χ3n) is 6.21. The number of rotatable bonds is 4. The average Bonchev–Trinajstić information content (AvgIpc) is 2.40. The first kappa shape index (κ1) is 15.4. The zero-order valence-electron chi connectivity index (χ0n) is 13.6. The van der Waals surface area contributed by atoms with Crippen molar-refractivity contribution in [1.82, 2.24) is 5.32 Å². The molecule has 0 radical (unpaired) electrons. The van der Waals surface area contributed by atoms with Crippen LogP contribution in [-0.4, -0.2) is 13.1 Å². The molecule has 0 bridgehead atoms. The Morgan fingerprint density at radius 1 is 0.895 bits per heavy atom. The lowest BCUT2D eigenvalue weighted by Crippen LogP contribution is -2.38. The first-order chi connectivity index (χ1) is 9.11.